The van der Waals surface area contributed by atoms with E-state index in [0.29, 0.717) is 0 Å². The number of carbonyl (C=O) groups excluding carboxylic acids is 1. The molecule has 50 valence electrons. The number of rotatable bonds is 3. The Hall–Kier alpha value is 0.590. The van der Waals surface area contributed by atoms with Crippen LogP contribution in [-0.2, 0) is 9.53 Å². The quantitative estimate of drug-likeness (QED) is 0.420. The van der Waals surface area contributed by atoms with Gasteiger partial charge in [-0.25, -0.2) is 0 Å². The average molecular weight is 142 g/mol. The maximum Gasteiger partial charge on any atom is 1.00 e. The van der Waals surface area contributed by atoms with E-state index in [-0.39, 0.29) is 43.4 Å². The van der Waals surface area contributed by atoms with Gasteiger partial charge in [0.25, 0.3) is 0 Å². The fourth-order valence-electron chi connectivity index (χ4n) is 0.369. The third kappa shape index (κ3) is 5.06. The molecule has 0 radical (unpaired) electrons. The number of aliphatic hydroxyl groups is 1. The Morgan fingerprint density at radius 2 is 2.33 bits per heavy atom. The molecule has 0 fully saturated rings. The maximum atomic E-state index is 10.3. The van der Waals surface area contributed by atoms with Crippen molar-refractivity contribution in [1.82, 2.24) is 0 Å². The number of carbonyl (C=O) groups is 1. The molecule has 0 saturated heterocycles. The molecule has 1 N–H and O–H groups in total. The molecule has 0 heterocycles. The smallest absolute Gasteiger partial charge is 1.00 e. The predicted octanol–water partition coefficient (Wildman–Crippen LogP) is -3.30. The maximum absolute atomic E-state index is 10.3. The molecule has 0 aliphatic rings. The first kappa shape index (κ1) is 12.3. The fourth-order valence-corrected chi connectivity index (χ4v) is 0.369. The van der Waals surface area contributed by atoms with Crippen molar-refractivity contribution >= 4 is 5.78 Å². The molecule has 0 aromatic heterocycles. The van der Waals surface area contributed by atoms with Crippen LogP contribution in [-0.4, -0.2) is 30.7 Å². The van der Waals surface area contributed by atoms with Crippen LogP contribution in [0.15, 0.2) is 0 Å². The number of hydrogen-bond acceptors (Lipinski definition) is 3. The molecular weight excluding hydrogens is 131 g/mol. The number of hydrogen-bond donors (Lipinski definition) is 1. The second-order valence-corrected chi connectivity index (χ2v) is 1.52. The first-order chi connectivity index (χ1) is 3.72. The molecule has 0 aromatic rings. The monoisotopic (exact) mass is 142 g/mol. The first-order valence-corrected chi connectivity index (χ1v) is 2.36. The van der Waals surface area contributed by atoms with E-state index in [2.05, 4.69) is 4.74 Å². The van der Waals surface area contributed by atoms with E-state index in [0.717, 1.165) is 0 Å². The molecule has 0 aromatic carbocycles. The minimum atomic E-state index is -0.630. The van der Waals surface area contributed by atoms with Gasteiger partial charge in [-0.3, -0.25) is 4.79 Å². The molecule has 0 bridgehead atoms. The summed E-state index contributed by atoms with van der Waals surface area (Å²) in [5.41, 5.74) is 0. The van der Waals surface area contributed by atoms with E-state index < -0.39 is 6.10 Å². The van der Waals surface area contributed by atoms with Gasteiger partial charge in [-0.2, -0.15) is 0 Å². The summed E-state index contributed by atoms with van der Waals surface area (Å²) in [6.45, 7) is 1.15. The van der Waals surface area contributed by atoms with Crippen LogP contribution in [0.25, 0.3) is 0 Å². The number of ketones is 1. The molecule has 1 unspecified atom stereocenters. The number of aliphatic hydroxyl groups excluding tert-OH is 1. The van der Waals surface area contributed by atoms with E-state index in [1.54, 1.807) is 0 Å². The molecule has 3 nitrogen and oxygen atoms in total. The van der Waals surface area contributed by atoms with Crippen molar-refractivity contribution in [2.75, 3.05) is 13.7 Å². The van der Waals surface area contributed by atoms with E-state index >= 15 is 0 Å². The van der Waals surface area contributed by atoms with Crippen LogP contribution >= 0.6 is 0 Å². The third-order valence-corrected chi connectivity index (χ3v) is 0.904. The second kappa shape index (κ2) is 6.71. The minimum absolute atomic E-state index is 0. The van der Waals surface area contributed by atoms with E-state index in [4.69, 9.17) is 5.11 Å². The summed E-state index contributed by atoms with van der Waals surface area (Å²) >= 11 is 0. The molecule has 0 saturated carbocycles. The Bertz CT molecular complexity index is 85.0. The molecular formula is C5H11NaO3. The zero-order valence-corrected chi connectivity index (χ0v) is 8.05. The van der Waals surface area contributed by atoms with E-state index in [1.165, 1.54) is 14.0 Å². The van der Waals surface area contributed by atoms with Gasteiger partial charge in [0.2, 0.25) is 0 Å². The van der Waals surface area contributed by atoms with Gasteiger partial charge in [0.05, 0.1) is 6.61 Å². The van der Waals surface area contributed by atoms with Gasteiger partial charge in [0.1, 0.15) is 6.10 Å². The van der Waals surface area contributed by atoms with E-state index in [1.807, 2.05) is 0 Å². The summed E-state index contributed by atoms with van der Waals surface area (Å²) in [5.74, 6) is -0.144. The fraction of sp³-hybridized carbons (Fsp3) is 0.800. The molecule has 9 heavy (non-hydrogen) atoms. The van der Waals surface area contributed by atoms with Gasteiger partial charge >= 0.3 is 29.6 Å². The van der Waals surface area contributed by atoms with E-state index in [9.17, 15) is 4.79 Å². The van der Waals surface area contributed by atoms with Crippen LogP contribution in [0.1, 0.15) is 8.35 Å². The Morgan fingerprint density at radius 1 is 1.89 bits per heavy atom. The Balaban J connectivity index is -0.000000245. The largest absolute Gasteiger partial charge is 1.00 e. The van der Waals surface area contributed by atoms with Crippen molar-refractivity contribution in [3.8, 4) is 0 Å². The summed E-state index contributed by atoms with van der Waals surface area (Å²) in [4.78, 5) is 10.3. The van der Waals surface area contributed by atoms with Crippen LogP contribution in [0.4, 0.5) is 0 Å². The number of ether oxygens (including phenoxy) is 1. The second-order valence-electron chi connectivity index (χ2n) is 1.52. The zero-order chi connectivity index (χ0) is 6.57. The molecule has 0 spiro atoms. The SMILES string of the molecule is COC(CO)C(C)=O.[H-].[Na+]. The predicted molar refractivity (Wildman–Crippen MR) is 29.7 cm³/mol. The molecule has 0 amide bonds. The van der Waals surface area contributed by atoms with Crippen LogP contribution in [0, 0.1) is 0 Å². The molecule has 4 heteroatoms. The molecule has 0 aliphatic heterocycles. The first-order valence-electron chi connectivity index (χ1n) is 2.36. The van der Waals surface area contributed by atoms with Crippen molar-refractivity contribution in [3.63, 3.8) is 0 Å². The van der Waals surface area contributed by atoms with Crippen molar-refractivity contribution in [3.05, 3.63) is 0 Å². The van der Waals surface area contributed by atoms with Crippen molar-refractivity contribution in [2.45, 2.75) is 13.0 Å². The molecule has 0 aliphatic carbocycles. The van der Waals surface area contributed by atoms with Gasteiger partial charge in [-0.1, -0.05) is 0 Å². The van der Waals surface area contributed by atoms with Gasteiger partial charge < -0.3 is 11.3 Å². The van der Waals surface area contributed by atoms with Crippen molar-refractivity contribution < 1.29 is 45.6 Å². The zero-order valence-electron chi connectivity index (χ0n) is 7.05. The minimum Gasteiger partial charge on any atom is -1.00 e. The average Bonchev–Trinajstić information content (AvgIpc) is 1.69. The van der Waals surface area contributed by atoms with Gasteiger partial charge in [0.15, 0.2) is 5.78 Å². The van der Waals surface area contributed by atoms with Gasteiger partial charge in [-0.05, 0) is 6.92 Å². The summed E-state index contributed by atoms with van der Waals surface area (Å²) < 4.78 is 4.56. The molecule has 1 atom stereocenters. The van der Waals surface area contributed by atoms with Crippen molar-refractivity contribution in [1.29, 1.82) is 0 Å². The summed E-state index contributed by atoms with van der Waals surface area (Å²) in [6.07, 6.45) is -0.630. The summed E-state index contributed by atoms with van der Waals surface area (Å²) in [6, 6.07) is 0. The van der Waals surface area contributed by atoms with Gasteiger partial charge in [-0.15, -0.1) is 0 Å². The van der Waals surface area contributed by atoms with Crippen LogP contribution in [0.3, 0.4) is 0 Å². The molecule has 0 rings (SSSR count). The Kier molecular flexibility index (Phi) is 9.15. The normalized spacial score (nSPS) is 11.9. The third-order valence-electron chi connectivity index (χ3n) is 0.904. The van der Waals surface area contributed by atoms with Crippen molar-refractivity contribution in [2.24, 2.45) is 0 Å². The van der Waals surface area contributed by atoms with Gasteiger partial charge in [0, 0.05) is 7.11 Å². The topological polar surface area (TPSA) is 46.5 Å². The Labute approximate surface area is 78.2 Å². The van der Waals surface area contributed by atoms with Crippen LogP contribution in [0.5, 0.6) is 0 Å². The number of methoxy groups -OCH3 is 1. The number of Topliss-reactive ketones (excluding diaryl/α,β-unsaturated/α-hetero) is 1. The van der Waals surface area contributed by atoms with Crippen LogP contribution in [0.2, 0.25) is 0 Å². The summed E-state index contributed by atoms with van der Waals surface area (Å²) in [7, 11) is 1.39. The standard InChI is InChI=1S/C5H10O3.Na.H/c1-4(7)5(3-6)8-2;;/h5-6H,3H2,1-2H3;;/q;+1;-1. The summed E-state index contributed by atoms with van der Waals surface area (Å²) in [5, 5.41) is 8.35. The van der Waals surface area contributed by atoms with Crippen LogP contribution < -0.4 is 29.6 Å². The Morgan fingerprint density at radius 3 is 2.33 bits per heavy atom.